The van der Waals surface area contributed by atoms with Gasteiger partial charge in [0, 0.05) is 29.8 Å². The van der Waals surface area contributed by atoms with E-state index in [-0.39, 0.29) is 29.2 Å². The third-order valence-electron chi connectivity index (χ3n) is 2.62. The second-order valence-electron chi connectivity index (χ2n) is 4.16. The van der Waals surface area contributed by atoms with Gasteiger partial charge in [0.15, 0.2) is 0 Å². The van der Waals surface area contributed by atoms with Crippen molar-refractivity contribution in [2.24, 2.45) is 0 Å². The second kappa shape index (κ2) is 5.56. The summed E-state index contributed by atoms with van der Waals surface area (Å²) in [7, 11) is 0. The number of rotatable bonds is 3. The van der Waals surface area contributed by atoms with Crippen LogP contribution in [0.1, 0.15) is 15.9 Å². The maximum absolute atomic E-state index is 13.4. The molecule has 0 saturated heterocycles. The summed E-state index contributed by atoms with van der Waals surface area (Å²) in [5.41, 5.74) is 0.161. The number of phenols is 2. The first-order valence-electron chi connectivity index (χ1n) is 5.71. The largest absolute Gasteiger partial charge is 0.508 e. The van der Waals surface area contributed by atoms with Crippen molar-refractivity contribution in [1.29, 1.82) is 0 Å². The molecule has 0 aliphatic carbocycles. The Kier molecular flexibility index (Phi) is 3.84. The van der Waals surface area contributed by atoms with Crippen LogP contribution in [-0.4, -0.2) is 16.1 Å². The number of amides is 1. The van der Waals surface area contributed by atoms with E-state index in [4.69, 9.17) is 0 Å². The lowest BCUT2D eigenvalue weighted by molar-refractivity contribution is 0.0950. The van der Waals surface area contributed by atoms with Gasteiger partial charge in [-0.05, 0) is 18.2 Å². The average molecular weight is 279 g/mol. The average Bonchev–Trinajstić information content (AvgIpc) is 2.36. The highest BCUT2D eigenvalue weighted by Crippen LogP contribution is 2.20. The summed E-state index contributed by atoms with van der Waals surface area (Å²) in [5.74, 6) is -2.58. The molecule has 1 amide bonds. The van der Waals surface area contributed by atoms with Gasteiger partial charge in [-0.25, -0.2) is 8.78 Å². The maximum atomic E-state index is 13.4. The number of nitrogens with one attached hydrogen (secondary N) is 1. The minimum atomic E-state index is -0.760. The molecule has 6 heteroatoms. The number of carbonyl (C=O) groups is 1. The van der Waals surface area contributed by atoms with Crippen molar-refractivity contribution in [1.82, 2.24) is 5.32 Å². The number of aromatic hydroxyl groups is 2. The number of carbonyl (C=O) groups excluding carboxylic acids is 1. The molecule has 20 heavy (non-hydrogen) atoms. The van der Waals surface area contributed by atoms with Crippen LogP contribution in [-0.2, 0) is 6.54 Å². The van der Waals surface area contributed by atoms with Crippen molar-refractivity contribution >= 4 is 5.91 Å². The van der Waals surface area contributed by atoms with E-state index in [0.717, 1.165) is 30.3 Å². The van der Waals surface area contributed by atoms with Crippen LogP contribution < -0.4 is 5.32 Å². The number of benzene rings is 2. The first kappa shape index (κ1) is 13.8. The number of hydrogen-bond donors (Lipinski definition) is 3. The fourth-order valence-corrected chi connectivity index (χ4v) is 1.67. The van der Waals surface area contributed by atoms with Gasteiger partial charge >= 0.3 is 0 Å². The Hall–Kier alpha value is -2.63. The van der Waals surface area contributed by atoms with Crippen LogP contribution in [0.3, 0.4) is 0 Å². The van der Waals surface area contributed by atoms with Crippen LogP contribution in [0.4, 0.5) is 8.78 Å². The molecule has 0 fully saturated rings. The number of hydrogen-bond acceptors (Lipinski definition) is 3. The first-order valence-corrected chi connectivity index (χ1v) is 5.71. The molecule has 2 rings (SSSR count). The lowest BCUT2D eigenvalue weighted by Gasteiger charge is -2.07. The zero-order chi connectivity index (χ0) is 14.7. The van der Waals surface area contributed by atoms with Crippen LogP contribution in [0, 0.1) is 11.6 Å². The third kappa shape index (κ3) is 3.23. The van der Waals surface area contributed by atoms with E-state index in [9.17, 15) is 23.8 Å². The van der Waals surface area contributed by atoms with Gasteiger partial charge in [-0.15, -0.1) is 0 Å². The normalized spacial score (nSPS) is 10.3. The fourth-order valence-electron chi connectivity index (χ4n) is 1.67. The van der Waals surface area contributed by atoms with Crippen LogP contribution in [0.2, 0.25) is 0 Å². The van der Waals surface area contributed by atoms with Gasteiger partial charge < -0.3 is 15.5 Å². The topological polar surface area (TPSA) is 69.6 Å². The fraction of sp³-hybridized carbons (Fsp3) is 0.0714. The Morgan fingerprint density at radius 3 is 2.30 bits per heavy atom. The molecule has 3 N–H and O–H groups in total. The van der Waals surface area contributed by atoms with E-state index in [2.05, 4.69) is 5.32 Å². The van der Waals surface area contributed by atoms with Gasteiger partial charge in [0.1, 0.15) is 23.1 Å². The number of phenolic OH excluding ortho intramolecular Hbond substituents is 2. The molecule has 0 bridgehead atoms. The van der Waals surface area contributed by atoms with Crippen LogP contribution >= 0.6 is 0 Å². The van der Waals surface area contributed by atoms with E-state index < -0.39 is 17.5 Å². The van der Waals surface area contributed by atoms with Crippen molar-refractivity contribution < 1.29 is 23.8 Å². The maximum Gasteiger partial charge on any atom is 0.251 e. The first-order chi connectivity index (χ1) is 9.45. The molecular formula is C14H11F2NO3. The lowest BCUT2D eigenvalue weighted by Crippen LogP contribution is -2.23. The third-order valence-corrected chi connectivity index (χ3v) is 2.62. The minimum absolute atomic E-state index is 0.0324. The molecule has 0 heterocycles. The SMILES string of the molecule is O=C(NCc1ccc(F)cc1F)c1cc(O)cc(O)c1. The summed E-state index contributed by atoms with van der Waals surface area (Å²) in [6.07, 6.45) is 0. The summed E-state index contributed by atoms with van der Waals surface area (Å²) in [6.45, 7) is -0.138. The highest BCUT2D eigenvalue weighted by molar-refractivity contribution is 5.95. The van der Waals surface area contributed by atoms with E-state index in [0.29, 0.717) is 0 Å². The monoisotopic (exact) mass is 279 g/mol. The van der Waals surface area contributed by atoms with Crippen LogP contribution in [0.15, 0.2) is 36.4 Å². The molecule has 2 aromatic carbocycles. The Labute approximate surface area is 113 Å². The molecular weight excluding hydrogens is 268 g/mol. The highest BCUT2D eigenvalue weighted by Gasteiger charge is 2.10. The summed E-state index contributed by atoms with van der Waals surface area (Å²) < 4.78 is 26.1. The van der Waals surface area contributed by atoms with Crippen molar-refractivity contribution in [3.8, 4) is 11.5 Å². The zero-order valence-electron chi connectivity index (χ0n) is 10.2. The Bertz CT molecular complexity index is 639. The van der Waals surface area contributed by atoms with Crippen molar-refractivity contribution in [2.45, 2.75) is 6.54 Å². The molecule has 0 aliphatic rings. The molecule has 0 aliphatic heterocycles. The smallest absolute Gasteiger partial charge is 0.251 e. The molecule has 0 atom stereocenters. The predicted molar refractivity (Wildman–Crippen MR) is 67.3 cm³/mol. The standard InChI is InChI=1S/C14H11F2NO3/c15-10-2-1-8(13(16)5-10)7-17-14(20)9-3-11(18)6-12(19)4-9/h1-6,18-19H,7H2,(H,17,20). The number of halogens is 2. The summed E-state index contributed by atoms with van der Waals surface area (Å²) in [5, 5.41) is 20.9. The van der Waals surface area contributed by atoms with Crippen LogP contribution in [0.25, 0.3) is 0 Å². The minimum Gasteiger partial charge on any atom is -0.508 e. The molecule has 2 aromatic rings. The quantitative estimate of drug-likeness (QED) is 0.807. The van der Waals surface area contributed by atoms with E-state index in [1.807, 2.05) is 0 Å². The molecule has 104 valence electrons. The van der Waals surface area contributed by atoms with E-state index in [1.165, 1.54) is 6.07 Å². The van der Waals surface area contributed by atoms with Crippen molar-refractivity contribution in [2.75, 3.05) is 0 Å². The Morgan fingerprint density at radius 2 is 1.70 bits per heavy atom. The molecule has 0 spiro atoms. The zero-order valence-corrected chi connectivity index (χ0v) is 10.2. The molecule has 0 unspecified atom stereocenters. The predicted octanol–water partition coefficient (Wildman–Crippen LogP) is 2.31. The summed E-state index contributed by atoms with van der Waals surface area (Å²) in [6, 6.07) is 6.44. The second-order valence-corrected chi connectivity index (χ2v) is 4.16. The summed E-state index contributed by atoms with van der Waals surface area (Å²) in [4.78, 5) is 11.8. The van der Waals surface area contributed by atoms with E-state index >= 15 is 0 Å². The van der Waals surface area contributed by atoms with E-state index in [1.54, 1.807) is 0 Å². The molecule has 0 radical (unpaired) electrons. The molecule has 4 nitrogen and oxygen atoms in total. The highest BCUT2D eigenvalue weighted by atomic mass is 19.1. The lowest BCUT2D eigenvalue weighted by atomic mass is 10.1. The van der Waals surface area contributed by atoms with Gasteiger partial charge in [0.2, 0.25) is 0 Å². The van der Waals surface area contributed by atoms with Gasteiger partial charge in [-0.3, -0.25) is 4.79 Å². The van der Waals surface area contributed by atoms with Gasteiger partial charge in [0.25, 0.3) is 5.91 Å². The van der Waals surface area contributed by atoms with Crippen molar-refractivity contribution in [3.05, 3.63) is 59.2 Å². The van der Waals surface area contributed by atoms with Crippen molar-refractivity contribution in [3.63, 3.8) is 0 Å². The Morgan fingerprint density at radius 1 is 1.05 bits per heavy atom. The van der Waals surface area contributed by atoms with Gasteiger partial charge in [0.05, 0.1) is 0 Å². The Balaban J connectivity index is 2.08. The van der Waals surface area contributed by atoms with Crippen LogP contribution in [0.5, 0.6) is 11.5 Å². The molecule has 0 aromatic heterocycles. The van der Waals surface area contributed by atoms with Gasteiger partial charge in [-0.1, -0.05) is 6.07 Å². The summed E-state index contributed by atoms with van der Waals surface area (Å²) >= 11 is 0. The molecule has 0 saturated carbocycles. The van der Waals surface area contributed by atoms with Gasteiger partial charge in [-0.2, -0.15) is 0 Å².